The predicted octanol–water partition coefficient (Wildman–Crippen LogP) is 2.49. The number of ether oxygens (including phenoxy) is 4. The molecule has 0 saturated carbocycles. The number of aromatic hydroxyl groups is 2. The van der Waals surface area contributed by atoms with Crippen molar-refractivity contribution < 1.29 is 167 Å². The molecular weight excluding hydrogens is 971 g/mol. The zero-order chi connectivity index (χ0) is 47.5. The SMILES string of the molecule is BrCc1ccccc1.CC(C)(C)OC(=O)NCCc1ccc(O)c(O)c1.CC(C)(C)OC(=O)NCCc1ccc(OC(=O)c2ccccc2)c(OC(=O)c2ccccc2)c1.O=CO[O-].[H-].[K+].[K+]. The number of rotatable bonds is 12. The summed E-state index contributed by atoms with van der Waals surface area (Å²) < 4.78 is 21.4. The fourth-order valence-electron chi connectivity index (χ4n) is 4.88. The Morgan fingerprint density at radius 3 is 1.36 bits per heavy atom. The van der Waals surface area contributed by atoms with Crippen LogP contribution in [0.2, 0.25) is 0 Å². The first-order valence-corrected chi connectivity index (χ1v) is 20.9. The number of phenolic OH excluding ortho intramolecular Hbond substituents is 2. The van der Waals surface area contributed by atoms with Crippen molar-refractivity contribution in [2.45, 2.75) is 70.9 Å². The van der Waals surface area contributed by atoms with Crippen molar-refractivity contribution in [1.29, 1.82) is 0 Å². The van der Waals surface area contributed by atoms with Crippen molar-refractivity contribution in [3.63, 3.8) is 0 Å². The minimum absolute atomic E-state index is 0. The number of alkyl halides is 1. The molecule has 0 saturated heterocycles. The van der Waals surface area contributed by atoms with E-state index in [0.29, 0.717) is 37.1 Å². The number of esters is 2. The molecule has 0 aliphatic heterocycles. The Bertz CT molecular complexity index is 2210. The summed E-state index contributed by atoms with van der Waals surface area (Å²) in [6, 6.07) is 36.8. The number of phenols is 2. The van der Waals surface area contributed by atoms with Crippen molar-refractivity contribution in [2.75, 3.05) is 13.1 Å². The van der Waals surface area contributed by atoms with E-state index in [4.69, 9.17) is 34.1 Å². The van der Waals surface area contributed by atoms with Crippen molar-refractivity contribution >= 4 is 46.5 Å². The van der Waals surface area contributed by atoms with Gasteiger partial charge in [-0.3, -0.25) is 4.79 Å². The molecule has 0 heterocycles. The number of alkyl carbamates (subject to hydrolysis) is 2. The summed E-state index contributed by atoms with van der Waals surface area (Å²) in [4.78, 5) is 59.6. The number of hydrogen-bond acceptors (Lipinski definition) is 13. The van der Waals surface area contributed by atoms with Gasteiger partial charge >= 0.3 is 127 Å². The second-order valence-corrected chi connectivity index (χ2v) is 15.8. The van der Waals surface area contributed by atoms with Crippen LogP contribution in [0, 0.1) is 0 Å². The number of carbonyl (C=O) groups is 5. The van der Waals surface area contributed by atoms with Gasteiger partial charge < -0.3 is 51.4 Å². The molecule has 5 aromatic rings. The number of amides is 2. The maximum atomic E-state index is 12.6. The standard InChI is InChI=1S/C27H27NO6.C13H19NO4.C7H7Br.CH2O3.2K.H/c1-27(2,3)34-26(31)28-17-16-19-14-15-22(32-24(29)20-10-6-4-7-11-20)23(18-19)33-25(30)21-12-8-5-9-13-21;1-13(2,3)18-12(17)14-7-6-9-4-5-10(15)11(16)8-9;8-6-7-4-2-1-3-5-7;2-1-4-3;;;/h4-15,18H,16-17H2,1-3H3,(H,28,31);4-5,8,15-16H,6-7H2,1-3H3,(H,14,17);1-5H,6H2;1,3H;;;/q;;;;2*+1;-1/p-1. The van der Waals surface area contributed by atoms with Crippen molar-refractivity contribution in [3.05, 3.63) is 155 Å². The summed E-state index contributed by atoms with van der Waals surface area (Å²) in [5.74, 6) is -1.25. The van der Waals surface area contributed by atoms with Crippen LogP contribution in [0.1, 0.15) is 80.4 Å². The minimum atomic E-state index is -0.590. The van der Waals surface area contributed by atoms with Crippen LogP contribution in [0.15, 0.2) is 127 Å². The van der Waals surface area contributed by atoms with Crippen molar-refractivity contribution in [3.8, 4) is 23.0 Å². The summed E-state index contributed by atoms with van der Waals surface area (Å²) in [6.45, 7) is 11.3. The number of halogens is 1. The van der Waals surface area contributed by atoms with Crippen LogP contribution >= 0.6 is 15.9 Å². The molecule has 0 fully saturated rings. The first kappa shape index (κ1) is 62.4. The van der Waals surface area contributed by atoms with Crippen LogP contribution in [-0.4, -0.2) is 65.1 Å². The van der Waals surface area contributed by atoms with E-state index in [-0.39, 0.29) is 134 Å². The fraction of sp³-hybridized carbons (Fsp3) is 0.271. The summed E-state index contributed by atoms with van der Waals surface area (Å²) in [6.07, 6.45) is 0.0110. The maximum Gasteiger partial charge on any atom is 1.00 e. The van der Waals surface area contributed by atoms with Crippen LogP contribution in [0.3, 0.4) is 0 Å². The van der Waals surface area contributed by atoms with Gasteiger partial charge in [-0.2, -0.15) is 0 Å². The van der Waals surface area contributed by atoms with Crippen LogP contribution < -0.4 is 128 Å². The van der Waals surface area contributed by atoms with Gasteiger partial charge in [-0.15, -0.1) is 0 Å². The molecule has 0 aliphatic rings. The third-order valence-corrected chi connectivity index (χ3v) is 8.32. The predicted molar refractivity (Wildman–Crippen MR) is 242 cm³/mol. The number of nitrogens with one attached hydrogen (secondary N) is 2. The Balaban J connectivity index is 0. The van der Waals surface area contributed by atoms with E-state index in [9.17, 15) is 24.3 Å². The molecular formula is C48H55BrK2N2O13. The van der Waals surface area contributed by atoms with E-state index in [0.717, 1.165) is 16.5 Å². The second-order valence-electron chi connectivity index (χ2n) is 15.3. The molecule has 5 rings (SSSR count). The average molecular weight is 1030 g/mol. The minimum Gasteiger partial charge on any atom is -1.00 e. The van der Waals surface area contributed by atoms with Gasteiger partial charge in [0, 0.05) is 18.4 Å². The number of benzene rings is 5. The molecule has 66 heavy (non-hydrogen) atoms. The van der Waals surface area contributed by atoms with Crippen molar-refractivity contribution in [1.82, 2.24) is 10.6 Å². The Kier molecular flexibility index (Phi) is 31.9. The largest absolute Gasteiger partial charge is 1.00 e. The smallest absolute Gasteiger partial charge is 1.00 e. The first-order chi connectivity index (χ1) is 30.3. The summed E-state index contributed by atoms with van der Waals surface area (Å²) in [7, 11) is 0. The molecule has 0 atom stereocenters. The van der Waals surface area contributed by atoms with Gasteiger partial charge in [0.05, 0.1) is 11.1 Å². The van der Waals surface area contributed by atoms with Crippen LogP contribution in [-0.2, 0) is 37.3 Å². The fourth-order valence-corrected chi connectivity index (χ4v) is 5.25. The zero-order valence-electron chi connectivity index (χ0n) is 39.5. The molecule has 0 unspecified atom stereocenters. The number of hydrogen-bond donors (Lipinski definition) is 4. The second kappa shape index (κ2) is 33.8. The molecule has 0 bridgehead atoms. The van der Waals surface area contributed by atoms with Gasteiger partial charge in [-0.25, -0.2) is 19.2 Å². The Morgan fingerprint density at radius 1 is 0.591 bits per heavy atom. The zero-order valence-corrected chi connectivity index (χ0v) is 46.3. The topological polar surface area (TPSA) is 219 Å². The molecule has 0 radical (unpaired) electrons. The average Bonchev–Trinajstić information content (AvgIpc) is 3.26. The molecule has 18 heteroatoms. The van der Waals surface area contributed by atoms with E-state index in [1.807, 2.05) is 18.2 Å². The quantitative estimate of drug-likeness (QED) is 0.0207. The van der Waals surface area contributed by atoms with Crippen LogP contribution in [0.4, 0.5) is 9.59 Å². The van der Waals surface area contributed by atoms with Gasteiger partial charge in [-0.1, -0.05) is 94.8 Å². The molecule has 0 aromatic heterocycles. The summed E-state index contributed by atoms with van der Waals surface area (Å²) >= 11 is 3.36. The molecule has 4 N–H and O–H groups in total. The van der Waals surface area contributed by atoms with E-state index in [1.165, 1.54) is 17.7 Å². The molecule has 5 aromatic carbocycles. The van der Waals surface area contributed by atoms with Crippen LogP contribution in [0.5, 0.6) is 23.0 Å². The first-order valence-electron chi connectivity index (χ1n) is 19.8. The van der Waals surface area contributed by atoms with Gasteiger partial charge in [0.25, 0.3) is 6.47 Å². The Labute approximate surface area is 480 Å². The van der Waals surface area contributed by atoms with E-state index in [1.54, 1.807) is 126 Å². The van der Waals surface area contributed by atoms with Gasteiger partial charge in [-0.05, 0) is 120 Å². The number of carbonyl (C=O) groups excluding carboxylic acids is 5. The summed E-state index contributed by atoms with van der Waals surface area (Å²) in [5.41, 5.74) is 2.54. The normalized spacial score (nSPS) is 10.0. The van der Waals surface area contributed by atoms with E-state index < -0.39 is 35.3 Å². The van der Waals surface area contributed by atoms with Crippen molar-refractivity contribution in [2.24, 2.45) is 0 Å². The molecule has 2 amide bonds. The molecule has 0 spiro atoms. The molecule has 15 nitrogen and oxygen atoms in total. The van der Waals surface area contributed by atoms with E-state index >= 15 is 0 Å². The summed E-state index contributed by atoms with van der Waals surface area (Å²) in [5, 5.41) is 33.1. The molecule has 344 valence electrons. The monoisotopic (exact) mass is 1020 g/mol. The van der Waals surface area contributed by atoms with Crippen LogP contribution in [0.25, 0.3) is 0 Å². The Morgan fingerprint density at radius 2 is 0.985 bits per heavy atom. The van der Waals surface area contributed by atoms with E-state index in [2.05, 4.69) is 43.6 Å². The third-order valence-electron chi connectivity index (χ3n) is 7.67. The van der Waals surface area contributed by atoms with Gasteiger partial charge in [0.15, 0.2) is 23.0 Å². The molecule has 0 aliphatic carbocycles. The maximum absolute atomic E-state index is 12.6. The van der Waals surface area contributed by atoms with Gasteiger partial charge in [0.1, 0.15) is 11.2 Å². The Hall–Kier alpha value is -3.64. The third kappa shape index (κ3) is 27.9. The van der Waals surface area contributed by atoms with Gasteiger partial charge in [0.2, 0.25) is 0 Å².